The fourth-order valence-electron chi connectivity index (χ4n) is 2.20. The lowest BCUT2D eigenvalue weighted by atomic mass is 10.3. The molecule has 1 N–H and O–H groups in total. The second kappa shape index (κ2) is 5.85. The minimum Gasteiger partial charge on any atom is -0.508 e. The van der Waals surface area contributed by atoms with E-state index in [-0.39, 0.29) is 0 Å². The van der Waals surface area contributed by atoms with Gasteiger partial charge in [-0.3, -0.25) is 0 Å². The third kappa shape index (κ3) is 2.70. The van der Waals surface area contributed by atoms with Crippen LogP contribution in [0.15, 0.2) is 99.6 Å². The van der Waals surface area contributed by atoms with Gasteiger partial charge >= 0.3 is 0 Å². The molecule has 0 spiro atoms. The molecule has 0 bridgehead atoms. The van der Waals surface area contributed by atoms with E-state index in [1.807, 2.05) is 24.3 Å². The fraction of sp³-hybridized carbons (Fsp3) is 0. The first-order valence-corrected chi connectivity index (χ1v) is 7.88. The van der Waals surface area contributed by atoms with Gasteiger partial charge in [-0.25, -0.2) is 0 Å². The number of hydrogen-bond acceptors (Lipinski definition) is 1. The molecule has 0 radical (unpaired) electrons. The maximum Gasteiger partial charge on any atom is 0.115 e. The Labute approximate surface area is 121 Å². The van der Waals surface area contributed by atoms with Gasteiger partial charge in [0.05, 0.1) is 0 Å². The second-order valence-corrected chi connectivity index (χ2v) is 6.74. The van der Waals surface area contributed by atoms with E-state index in [1.165, 1.54) is 14.7 Å². The Bertz CT molecular complexity index is 623. The van der Waals surface area contributed by atoms with E-state index in [4.69, 9.17) is 0 Å². The Morgan fingerprint density at radius 1 is 0.500 bits per heavy atom. The molecular weight excluding hydrogens is 264 g/mol. The molecule has 0 saturated carbocycles. The normalized spacial score (nSPS) is 11.1. The van der Waals surface area contributed by atoms with Crippen LogP contribution in [0.4, 0.5) is 0 Å². The summed E-state index contributed by atoms with van der Waals surface area (Å²) in [6, 6.07) is 28.6. The molecule has 1 nitrogen and oxygen atoms in total. The molecule has 0 atom stereocenters. The summed E-state index contributed by atoms with van der Waals surface area (Å²) in [5.41, 5.74) is 0. The Hall–Kier alpha value is -2.19. The molecule has 2 heteroatoms. The summed E-state index contributed by atoms with van der Waals surface area (Å²) in [6.45, 7) is 0. The van der Waals surface area contributed by atoms with E-state index in [0.717, 1.165) is 0 Å². The predicted octanol–water partition coefficient (Wildman–Crippen LogP) is 4.87. The van der Waals surface area contributed by atoms with Crippen molar-refractivity contribution in [2.24, 2.45) is 0 Å². The van der Waals surface area contributed by atoms with Gasteiger partial charge in [0.15, 0.2) is 0 Å². The smallest absolute Gasteiger partial charge is 0.115 e. The van der Waals surface area contributed by atoms with E-state index in [2.05, 4.69) is 48.5 Å². The highest BCUT2D eigenvalue weighted by Crippen LogP contribution is 2.51. The molecule has 0 amide bonds. The molecular formula is C18H16OS. The summed E-state index contributed by atoms with van der Waals surface area (Å²) < 4.78 is 0. The summed E-state index contributed by atoms with van der Waals surface area (Å²) in [4.78, 5) is 3.88. The number of rotatable bonds is 3. The minimum atomic E-state index is -0.569. The molecule has 20 heavy (non-hydrogen) atoms. The SMILES string of the molecule is Oc1ccc([SH](c2ccccc2)c2ccccc2)cc1. The number of phenols is 1. The van der Waals surface area contributed by atoms with Crippen molar-refractivity contribution in [3.8, 4) is 5.75 Å². The molecule has 0 aliphatic carbocycles. The van der Waals surface area contributed by atoms with Crippen LogP contribution < -0.4 is 0 Å². The van der Waals surface area contributed by atoms with Crippen molar-refractivity contribution in [2.45, 2.75) is 14.7 Å². The zero-order valence-corrected chi connectivity index (χ0v) is 11.9. The summed E-state index contributed by atoms with van der Waals surface area (Å²) >= 11 is 0. The largest absolute Gasteiger partial charge is 0.508 e. The highest BCUT2D eigenvalue weighted by Gasteiger charge is 2.11. The van der Waals surface area contributed by atoms with Crippen molar-refractivity contribution in [2.75, 3.05) is 0 Å². The first-order valence-electron chi connectivity index (χ1n) is 6.54. The molecule has 100 valence electrons. The highest BCUT2D eigenvalue weighted by atomic mass is 32.2. The quantitative estimate of drug-likeness (QED) is 0.656. The van der Waals surface area contributed by atoms with Crippen LogP contribution in [-0.2, 0) is 0 Å². The number of aromatic hydroxyl groups is 1. The average molecular weight is 280 g/mol. The van der Waals surface area contributed by atoms with Crippen LogP contribution >= 0.6 is 10.9 Å². The maximum absolute atomic E-state index is 9.49. The van der Waals surface area contributed by atoms with Crippen LogP contribution in [0.5, 0.6) is 5.75 Å². The van der Waals surface area contributed by atoms with E-state index < -0.39 is 10.9 Å². The number of thiol groups is 1. The van der Waals surface area contributed by atoms with Crippen molar-refractivity contribution in [3.05, 3.63) is 84.9 Å². The lowest BCUT2D eigenvalue weighted by Gasteiger charge is -2.23. The van der Waals surface area contributed by atoms with Crippen molar-refractivity contribution >= 4 is 10.9 Å². The van der Waals surface area contributed by atoms with Crippen LogP contribution in [0.25, 0.3) is 0 Å². The second-order valence-electron chi connectivity index (χ2n) is 4.52. The molecule has 0 heterocycles. The lowest BCUT2D eigenvalue weighted by molar-refractivity contribution is 0.475. The van der Waals surface area contributed by atoms with Gasteiger partial charge in [0, 0.05) is 0 Å². The monoisotopic (exact) mass is 280 g/mol. The summed E-state index contributed by atoms with van der Waals surface area (Å²) in [6.07, 6.45) is 0. The molecule has 3 aromatic carbocycles. The molecule has 0 aliphatic heterocycles. The summed E-state index contributed by atoms with van der Waals surface area (Å²) in [7, 11) is -0.569. The fourth-order valence-corrected chi connectivity index (χ4v) is 4.49. The van der Waals surface area contributed by atoms with Gasteiger partial charge in [0.1, 0.15) is 5.75 Å². The summed E-state index contributed by atoms with van der Waals surface area (Å²) in [5, 5.41) is 9.49. The number of phenolic OH excluding ortho intramolecular Hbond substituents is 1. The molecule has 3 rings (SSSR count). The summed E-state index contributed by atoms with van der Waals surface area (Å²) in [5.74, 6) is 0.310. The van der Waals surface area contributed by atoms with Gasteiger partial charge in [-0.2, -0.15) is 10.9 Å². The molecule has 0 aliphatic rings. The van der Waals surface area contributed by atoms with Crippen LogP contribution in [-0.4, -0.2) is 5.11 Å². The molecule has 0 aromatic heterocycles. The van der Waals surface area contributed by atoms with Gasteiger partial charge in [0.25, 0.3) is 0 Å². The molecule has 0 fully saturated rings. The zero-order valence-electron chi connectivity index (χ0n) is 11.0. The first-order chi connectivity index (χ1) is 9.84. The Morgan fingerprint density at radius 2 is 0.900 bits per heavy atom. The van der Waals surface area contributed by atoms with E-state index in [1.54, 1.807) is 12.1 Å². The van der Waals surface area contributed by atoms with Gasteiger partial charge in [-0.1, -0.05) is 36.4 Å². The van der Waals surface area contributed by atoms with Gasteiger partial charge in [-0.05, 0) is 63.2 Å². The zero-order chi connectivity index (χ0) is 13.8. The Morgan fingerprint density at radius 3 is 1.35 bits per heavy atom. The molecule has 0 unspecified atom stereocenters. The van der Waals surface area contributed by atoms with Crippen LogP contribution in [0, 0.1) is 0 Å². The van der Waals surface area contributed by atoms with Crippen LogP contribution in [0.1, 0.15) is 0 Å². The minimum absolute atomic E-state index is 0.310. The molecule has 0 saturated heterocycles. The topological polar surface area (TPSA) is 20.2 Å². The van der Waals surface area contributed by atoms with Crippen LogP contribution in [0.2, 0.25) is 0 Å². The lowest BCUT2D eigenvalue weighted by Crippen LogP contribution is -1.87. The van der Waals surface area contributed by atoms with Gasteiger partial charge in [0.2, 0.25) is 0 Å². The van der Waals surface area contributed by atoms with Gasteiger partial charge < -0.3 is 5.11 Å². The third-order valence-corrected chi connectivity index (χ3v) is 5.58. The highest BCUT2D eigenvalue weighted by molar-refractivity contribution is 8.17. The first kappa shape index (κ1) is 12.8. The Balaban J connectivity index is 2.11. The third-order valence-electron chi connectivity index (χ3n) is 3.14. The van der Waals surface area contributed by atoms with E-state index in [0.29, 0.717) is 5.75 Å². The van der Waals surface area contributed by atoms with E-state index >= 15 is 0 Å². The predicted molar refractivity (Wildman–Crippen MR) is 84.8 cm³/mol. The van der Waals surface area contributed by atoms with Crippen molar-refractivity contribution < 1.29 is 5.11 Å². The van der Waals surface area contributed by atoms with Crippen molar-refractivity contribution in [3.63, 3.8) is 0 Å². The maximum atomic E-state index is 9.49. The van der Waals surface area contributed by atoms with Gasteiger partial charge in [-0.15, -0.1) is 0 Å². The van der Waals surface area contributed by atoms with Crippen molar-refractivity contribution in [1.82, 2.24) is 0 Å². The number of hydrogen-bond donors (Lipinski definition) is 2. The number of benzene rings is 3. The van der Waals surface area contributed by atoms with Crippen LogP contribution in [0.3, 0.4) is 0 Å². The average Bonchev–Trinajstić information content (AvgIpc) is 2.52. The Kier molecular flexibility index (Phi) is 3.75. The molecule has 3 aromatic rings. The van der Waals surface area contributed by atoms with Crippen molar-refractivity contribution in [1.29, 1.82) is 0 Å². The standard InChI is InChI=1S/C18H16OS/c19-15-11-13-18(14-12-15)20(16-7-3-1-4-8-16)17-9-5-2-6-10-17/h1-14,19-20H. The van der Waals surface area contributed by atoms with E-state index in [9.17, 15) is 5.11 Å².